The van der Waals surface area contributed by atoms with Gasteiger partial charge in [-0.1, -0.05) is 6.08 Å². The average Bonchev–Trinajstić information content (AvgIpc) is 2.08. The molecular weight excluding hydrogens is 216 g/mol. The third-order valence-corrected chi connectivity index (χ3v) is 1.87. The van der Waals surface area contributed by atoms with Crippen LogP contribution in [0, 0.1) is 0 Å². The fourth-order valence-corrected chi connectivity index (χ4v) is 1.39. The monoisotopic (exact) mass is 232 g/mol. The van der Waals surface area contributed by atoms with Crippen LogP contribution < -0.4 is 0 Å². The first kappa shape index (κ1) is 13.7. The van der Waals surface area contributed by atoms with Crippen molar-refractivity contribution < 1.29 is 23.5 Å². The zero-order valence-corrected chi connectivity index (χ0v) is 10.4. The van der Waals surface area contributed by atoms with Gasteiger partial charge >= 0.3 is 12.1 Å². The van der Waals surface area contributed by atoms with E-state index in [1.807, 2.05) is 19.6 Å². The molecule has 0 saturated heterocycles. The summed E-state index contributed by atoms with van der Waals surface area (Å²) in [5.74, 6) is -0.549. The minimum Gasteiger partial charge on any atom is -0.517 e. The van der Waals surface area contributed by atoms with Crippen LogP contribution in [0.1, 0.15) is 6.92 Å². The van der Waals surface area contributed by atoms with Crippen molar-refractivity contribution in [1.29, 1.82) is 0 Å². The van der Waals surface area contributed by atoms with E-state index in [4.69, 9.17) is 4.43 Å². The molecule has 0 bridgehead atoms. The van der Waals surface area contributed by atoms with Crippen molar-refractivity contribution in [2.45, 2.75) is 26.6 Å². The van der Waals surface area contributed by atoms with Gasteiger partial charge in [0.2, 0.25) is 8.32 Å². The van der Waals surface area contributed by atoms with Gasteiger partial charge in [-0.25, -0.2) is 9.59 Å². The van der Waals surface area contributed by atoms with Crippen molar-refractivity contribution in [3.63, 3.8) is 0 Å². The van der Waals surface area contributed by atoms with Gasteiger partial charge in [-0.3, -0.25) is 0 Å². The molecule has 0 aromatic heterocycles. The fraction of sp³-hybridized carbons (Fsp3) is 0.556. The Morgan fingerprint density at radius 1 is 1.27 bits per heavy atom. The second-order valence-corrected chi connectivity index (χ2v) is 8.14. The molecule has 0 aliphatic rings. The van der Waals surface area contributed by atoms with Crippen molar-refractivity contribution >= 4 is 20.4 Å². The number of rotatable bonds is 4. The van der Waals surface area contributed by atoms with E-state index < -0.39 is 27.0 Å². The average molecular weight is 232 g/mol. The molecule has 0 atom stereocenters. The molecule has 0 amide bonds. The van der Waals surface area contributed by atoms with Gasteiger partial charge in [0.15, 0.2) is 6.61 Å². The molecule has 0 radical (unpaired) electrons. The van der Waals surface area contributed by atoms with Gasteiger partial charge in [0.25, 0.3) is 0 Å². The lowest BCUT2D eigenvalue weighted by Crippen LogP contribution is -2.31. The number of ether oxygens (including phenoxy) is 2. The van der Waals surface area contributed by atoms with E-state index in [0.29, 0.717) is 0 Å². The van der Waals surface area contributed by atoms with Crippen LogP contribution >= 0.6 is 0 Å². The minimum absolute atomic E-state index is 0.416. The Balaban J connectivity index is 3.76. The molecule has 0 aliphatic carbocycles. The van der Waals surface area contributed by atoms with Crippen LogP contribution in [-0.4, -0.2) is 27.0 Å². The standard InChI is InChI=1S/C9H16O5Si/c1-5-6-12-9(11)13-7-8(10)14-15(2,3)4/h5-6H,7H2,1-4H3. The highest BCUT2D eigenvalue weighted by Crippen LogP contribution is 2.02. The Kier molecular flexibility index (Phi) is 5.69. The lowest BCUT2D eigenvalue weighted by molar-refractivity contribution is -0.138. The smallest absolute Gasteiger partial charge is 0.513 e. The van der Waals surface area contributed by atoms with Crippen molar-refractivity contribution in [3.05, 3.63) is 12.3 Å². The van der Waals surface area contributed by atoms with E-state index in [2.05, 4.69) is 9.47 Å². The first-order valence-corrected chi connectivity index (χ1v) is 7.92. The molecule has 0 spiro atoms. The van der Waals surface area contributed by atoms with Gasteiger partial charge < -0.3 is 13.9 Å². The van der Waals surface area contributed by atoms with Crippen LogP contribution in [0.4, 0.5) is 4.79 Å². The highest BCUT2D eigenvalue weighted by Gasteiger charge is 2.20. The van der Waals surface area contributed by atoms with Gasteiger partial charge in [0.05, 0.1) is 6.26 Å². The van der Waals surface area contributed by atoms with Crippen molar-refractivity contribution in [1.82, 2.24) is 0 Å². The lowest BCUT2D eigenvalue weighted by atomic mass is 10.7. The zero-order chi connectivity index (χ0) is 11.9. The molecule has 6 heteroatoms. The molecule has 5 nitrogen and oxygen atoms in total. The molecule has 0 aromatic carbocycles. The van der Waals surface area contributed by atoms with Crippen molar-refractivity contribution in [3.8, 4) is 0 Å². The Hall–Kier alpha value is -1.30. The first-order chi connectivity index (χ1) is 6.85. The Morgan fingerprint density at radius 3 is 2.33 bits per heavy atom. The number of allylic oxidation sites excluding steroid dienone is 1. The minimum atomic E-state index is -1.91. The van der Waals surface area contributed by atoms with Crippen LogP contribution in [0.15, 0.2) is 12.3 Å². The van der Waals surface area contributed by atoms with E-state index in [9.17, 15) is 9.59 Å². The van der Waals surface area contributed by atoms with Crippen LogP contribution in [0.2, 0.25) is 19.6 Å². The topological polar surface area (TPSA) is 61.8 Å². The summed E-state index contributed by atoms with van der Waals surface area (Å²) in [7, 11) is -1.91. The van der Waals surface area contributed by atoms with Crippen LogP contribution in [0.3, 0.4) is 0 Å². The highest BCUT2D eigenvalue weighted by molar-refractivity contribution is 6.71. The number of carbonyl (C=O) groups is 2. The predicted octanol–water partition coefficient (Wildman–Crippen LogP) is 2.05. The SMILES string of the molecule is CC=COC(=O)OCC(=O)O[Si](C)(C)C. The molecular formula is C9H16O5Si. The van der Waals surface area contributed by atoms with E-state index in [1.54, 1.807) is 6.92 Å². The summed E-state index contributed by atoms with van der Waals surface area (Å²) >= 11 is 0. The molecule has 0 unspecified atom stereocenters. The van der Waals surface area contributed by atoms with E-state index in [0.717, 1.165) is 0 Å². The summed E-state index contributed by atoms with van der Waals surface area (Å²) in [5.41, 5.74) is 0. The second kappa shape index (κ2) is 6.23. The van der Waals surface area contributed by atoms with Gasteiger partial charge in [0.1, 0.15) is 0 Å². The van der Waals surface area contributed by atoms with Crippen molar-refractivity contribution in [2.75, 3.05) is 6.61 Å². The summed E-state index contributed by atoms with van der Waals surface area (Å²) in [6.45, 7) is 6.86. The van der Waals surface area contributed by atoms with Gasteiger partial charge in [-0.2, -0.15) is 0 Å². The molecule has 0 heterocycles. The lowest BCUT2D eigenvalue weighted by Gasteiger charge is -2.16. The summed E-state index contributed by atoms with van der Waals surface area (Å²) in [6, 6.07) is 0. The third-order valence-electron chi connectivity index (χ3n) is 1.03. The number of hydrogen-bond acceptors (Lipinski definition) is 5. The van der Waals surface area contributed by atoms with E-state index in [1.165, 1.54) is 12.3 Å². The Bertz CT molecular complexity index is 254. The molecule has 0 N–H and O–H groups in total. The summed E-state index contributed by atoms with van der Waals surface area (Å²) < 4.78 is 14.0. The maximum absolute atomic E-state index is 11.1. The number of hydrogen-bond donors (Lipinski definition) is 0. The molecule has 0 saturated carbocycles. The quantitative estimate of drug-likeness (QED) is 0.422. The predicted molar refractivity (Wildman–Crippen MR) is 56.7 cm³/mol. The normalized spacial score (nSPS) is 11.2. The molecule has 0 fully saturated rings. The second-order valence-electron chi connectivity index (χ2n) is 3.71. The largest absolute Gasteiger partial charge is 0.517 e. The molecule has 0 aromatic rings. The van der Waals surface area contributed by atoms with Crippen molar-refractivity contribution in [2.24, 2.45) is 0 Å². The Morgan fingerprint density at radius 2 is 1.87 bits per heavy atom. The third kappa shape index (κ3) is 9.01. The van der Waals surface area contributed by atoms with Crippen LogP contribution in [-0.2, 0) is 18.7 Å². The zero-order valence-electron chi connectivity index (χ0n) is 9.40. The Labute approximate surface area is 90.1 Å². The maximum atomic E-state index is 11.1. The molecule has 0 rings (SSSR count). The maximum Gasteiger partial charge on any atom is 0.513 e. The fourth-order valence-electron chi connectivity index (χ4n) is 0.646. The van der Waals surface area contributed by atoms with Gasteiger partial charge in [-0.15, -0.1) is 0 Å². The highest BCUT2D eigenvalue weighted by atomic mass is 28.4. The van der Waals surface area contributed by atoms with Gasteiger partial charge in [0, 0.05) is 0 Å². The molecule has 15 heavy (non-hydrogen) atoms. The summed E-state index contributed by atoms with van der Waals surface area (Å²) in [4.78, 5) is 21.9. The first-order valence-electron chi connectivity index (χ1n) is 4.51. The van der Waals surface area contributed by atoms with Crippen LogP contribution in [0.25, 0.3) is 0 Å². The molecule has 86 valence electrons. The summed E-state index contributed by atoms with van der Waals surface area (Å²) in [6.07, 6.45) is 1.79. The molecule has 0 aliphatic heterocycles. The van der Waals surface area contributed by atoms with E-state index >= 15 is 0 Å². The van der Waals surface area contributed by atoms with Crippen LogP contribution in [0.5, 0.6) is 0 Å². The summed E-state index contributed by atoms with van der Waals surface area (Å²) in [5, 5.41) is 0. The van der Waals surface area contributed by atoms with E-state index in [-0.39, 0.29) is 0 Å². The van der Waals surface area contributed by atoms with Gasteiger partial charge in [-0.05, 0) is 26.6 Å². The number of carbonyl (C=O) groups excluding carboxylic acids is 2.